The molecule has 0 bridgehead atoms. The lowest BCUT2D eigenvalue weighted by molar-refractivity contribution is -0.145. The number of carboxylic acid groups (broad SMARTS) is 1. The number of hydrogen-bond acceptors (Lipinski definition) is 5. The lowest BCUT2D eigenvalue weighted by atomic mass is 9.76. The van der Waals surface area contributed by atoms with E-state index in [0.29, 0.717) is 31.1 Å². The number of hydrogen-bond donors (Lipinski definition) is 2. The summed E-state index contributed by atoms with van der Waals surface area (Å²) in [6.45, 7) is 1.68. The molecule has 1 aromatic carbocycles. The fraction of sp³-hybridized carbons (Fsp3) is 0.533. The summed E-state index contributed by atoms with van der Waals surface area (Å²) in [5, 5.41) is 13.0. The maximum absolute atomic E-state index is 11.9. The Kier molecular flexibility index (Phi) is 3.30. The van der Waals surface area contributed by atoms with Crippen molar-refractivity contribution in [2.45, 2.75) is 18.0 Å². The van der Waals surface area contributed by atoms with Crippen molar-refractivity contribution in [3.63, 3.8) is 0 Å². The van der Waals surface area contributed by atoms with Crippen molar-refractivity contribution in [3.8, 4) is 11.5 Å². The van der Waals surface area contributed by atoms with Crippen molar-refractivity contribution in [2.24, 2.45) is 0 Å². The van der Waals surface area contributed by atoms with Crippen LogP contribution in [0.4, 0.5) is 0 Å². The Labute approximate surface area is 123 Å². The largest absolute Gasteiger partial charge is 0.493 e. The smallest absolute Gasteiger partial charge is 0.325 e. The van der Waals surface area contributed by atoms with Gasteiger partial charge in [-0.05, 0) is 18.7 Å². The normalized spacial score (nSPS) is 27.9. The predicted octanol–water partition coefficient (Wildman–Crippen LogP) is 0.659. The van der Waals surface area contributed by atoms with Crippen molar-refractivity contribution in [3.05, 3.63) is 23.3 Å². The molecule has 0 aromatic heterocycles. The molecule has 3 rings (SSSR count). The number of ether oxygens (including phenoxy) is 2. The molecule has 6 heteroatoms. The Morgan fingerprint density at radius 2 is 2.19 bits per heavy atom. The minimum absolute atomic E-state index is 0.159. The van der Waals surface area contributed by atoms with Crippen LogP contribution in [0.1, 0.15) is 17.0 Å². The van der Waals surface area contributed by atoms with Crippen LogP contribution in [-0.2, 0) is 11.3 Å². The van der Waals surface area contributed by atoms with Gasteiger partial charge in [0.25, 0.3) is 0 Å². The quantitative estimate of drug-likeness (QED) is 0.853. The standard InChI is InChI=1S/C15H20N2O4/c1-17-7-10-12-9(4-5-11(20-2)13(12)21-3)6-16-15(10,8-17)14(18)19/h4-5,10,16H,6-8H2,1-3H3,(H,18,19). The van der Waals surface area contributed by atoms with Crippen LogP contribution in [0.25, 0.3) is 0 Å². The van der Waals surface area contributed by atoms with Gasteiger partial charge < -0.3 is 19.5 Å². The second kappa shape index (κ2) is 4.89. The van der Waals surface area contributed by atoms with Crippen LogP contribution in [0.3, 0.4) is 0 Å². The molecule has 0 saturated carbocycles. The third kappa shape index (κ3) is 1.90. The third-order valence-corrected chi connectivity index (χ3v) is 4.61. The molecule has 2 N–H and O–H groups in total. The summed E-state index contributed by atoms with van der Waals surface area (Å²) in [6, 6.07) is 3.85. The Hall–Kier alpha value is -1.79. The van der Waals surface area contributed by atoms with Crippen molar-refractivity contribution < 1.29 is 19.4 Å². The summed E-state index contributed by atoms with van der Waals surface area (Å²) in [7, 11) is 5.13. The maximum atomic E-state index is 11.9. The van der Waals surface area contributed by atoms with Gasteiger partial charge in [-0.1, -0.05) is 6.07 Å². The molecule has 1 aromatic rings. The van der Waals surface area contributed by atoms with E-state index in [-0.39, 0.29) is 5.92 Å². The van der Waals surface area contributed by atoms with Crippen molar-refractivity contribution in [2.75, 3.05) is 34.4 Å². The number of carbonyl (C=O) groups is 1. The number of aliphatic carboxylic acids is 1. The summed E-state index contributed by atoms with van der Waals surface area (Å²) < 4.78 is 10.9. The Morgan fingerprint density at radius 3 is 2.81 bits per heavy atom. The average molecular weight is 292 g/mol. The van der Waals surface area contributed by atoms with Crippen LogP contribution in [0.5, 0.6) is 11.5 Å². The molecule has 2 heterocycles. The van der Waals surface area contributed by atoms with E-state index >= 15 is 0 Å². The van der Waals surface area contributed by atoms with Gasteiger partial charge in [0, 0.05) is 31.1 Å². The minimum atomic E-state index is -0.957. The highest BCUT2D eigenvalue weighted by Crippen LogP contribution is 2.47. The maximum Gasteiger partial charge on any atom is 0.325 e. The molecule has 2 aliphatic rings. The van der Waals surface area contributed by atoms with E-state index in [4.69, 9.17) is 9.47 Å². The first-order valence-electron chi connectivity index (χ1n) is 6.94. The molecular weight excluding hydrogens is 272 g/mol. The zero-order chi connectivity index (χ0) is 15.2. The molecule has 1 fully saturated rings. The van der Waals surface area contributed by atoms with Crippen LogP contribution in [0.2, 0.25) is 0 Å². The number of methoxy groups -OCH3 is 2. The summed E-state index contributed by atoms with van der Waals surface area (Å²) in [6.07, 6.45) is 0. The highest BCUT2D eigenvalue weighted by Gasteiger charge is 2.55. The van der Waals surface area contributed by atoms with Gasteiger partial charge in [0.05, 0.1) is 14.2 Å². The fourth-order valence-corrected chi connectivity index (χ4v) is 3.66. The first-order valence-corrected chi connectivity index (χ1v) is 6.94. The molecule has 0 radical (unpaired) electrons. The SMILES string of the molecule is COc1ccc2c(c1OC)C1CN(C)CC1(C(=O)O)NC2. The lowest BCUT2D eigenvalue weighted by Crippen LogP contribution is -2.59. The Balaban J connectivity index is 2.19. The van der Waals surface area contributed by atoms with Crippen molar-refractivity contribution in [1.29, 1.82) is 0 Å². The molecule has 0 aliphatic carbocycles. The van der Waals surface area contributed by atoms with Gasteiger partial charge in [-0.25, -0.2) is 0 Å². The Bertz CT molecular complexity index is 589. The van der Waals surface area contributed by atoms with Crippen LogP contribution in [0, 0.1) is 0 Å². The zero-order valence-corrected chi connectivity index (χ0v) is 12.5. The topological polar surface area (TPSA) is 71.0 Å². The van der Waals surface area contributed by atoms with E-state index in [9.17, 15) is 9.90 Å². The first-order chi connectivity index (χ1) is 10.0. The van der Waals surface area contributed by atoms with Gasteiger partial charge in [-0.15, -0.1) is 0 Å². The third-order valence-electron chi connectivity index (χ3n) is 4.61. The monoisotopic (exact) mass is 292 g/mol. The van der Waals surface area contributed by atoms with E-state index in [1.807, 2.05) is 24.1 Å². The number of carboxylic acids is 1. The van der Waals surface area contributed by atoms with E-state index in [0.717, 1.165) is 11.1 Å². The van der Waals surface area contributed by atoms with E-state index < -0.39 is 11.5 Å². The van der Waals surface area contributed by atoms with Gasteiger partial charge >= 0.3 is 5.97 Å². The number of likely N-dealkylation sites (N-methyl/N-ethyl adjacent to an activating group) is 1. The molecule has 114 valence electrons. The van der Waals surface area contributed by atoms with Gasteiger partial charge in [0.1, 0.15) is 5.54 Å². The molecule has 2 unspecified atom stereocenters. The van der Waals surface area contributed by atoms with Gasteiger partial charge in [-0.2, -0.15) is 0 Å². The fourth-order valence-electron chi connectivity index (χ4n) is 3.66. The molecule has 0 amide bonds. The van der Waals surface area contributed by atoms with E-state index in [2.05, 4.69) is 5.32 Å². The summed E-state index contributed by atoms with van der Waals surface area (Å²) in [5.74, 6) is 0.329. The van der Waals surface area contributed by atoms with Crippen LogP contribution in [-0.4, -0.2) is 55.9 Å². The summed E-state index contributed by atoms with van der Waals surface area (Å²) in [4.78, 5) is 13.9. The van der Waals surface area contributed by atoms with Gasteiger partial charge in [0.2, 0.25) is 0 Å². The van der Waals surface area contributed by atoms with Crippen LogP contribution in [0.15, 0.2) is 12.1 Å². The number of benzene rings is 1. The van der Waals surface area contributed by atoms with Crippen molar-refractivity contribution >= 4 is 5.97 Å². The number of nitrogens with one attached hydrogen (secondary N) is 1. The van der Waals surface area contributed by atoms with Crippen LogP contribution >= 0.6 is 0 Å². The molecule has 2 atom stereocenters. The minimum Gasteiger partial charge on any atom is -0.493 e. The number of nitrogens with zero attached hydrogens (tertiary/aromatic N) is 1. The molecule has 6 nitrogen and oxygen atoms in total. The van der Waals surface area contributed by atoms with Crippen LogP contribution < -0.4 is 14.8 Å². The molecular formula is C15H20N2O4. The predicted molar refractivity (Wildman–Crippen MR) is 77.0 cm³/mol. The summed E-state index contributed by atoms with van der Waals surface area (Å²) >= 11 is 0. The highest BCUT2D eigenvalue weighted by atomic mass is 16.5. The second-order valence-electron chi connectivity index (χ2n) is 5.75. The van der Waals surface area contributed by atoms with Gasteiger partial charge in [0.15, 0.2) is 11.5 Å². The second-order valence-corrected chi connectivity index (χ2v) is 5.75. The molecule has 2 aliphatic heterocycles. The summed E-state index contributed by atoms with van der Waals surface area (Å²) in [5.41, 5.74) is 1.08. The molecule has 1 saturated heterocycles. The van der Waals surface area contributed by atoms with Crippen molar-refractivity contribution in [1.82, 2.24) is 10.2 Å². The average Bonchev–Trinajstić information content (AvgIpc) is 2.83. The number of rotatable bonds is 3. The van der Waals surface area contributed by atoms with Gasteiger partial charge in [-0.3, -0.25) is 10.1 Å². The molecule has 0 spiro atoms. The van der Waals surface area contributed by atoms with E-state index in [1.54, 1.807) is 14.2 Å². The number of fused-ring (bicyclic) bond motifs is 3. The lowest BCUT2D eigenvalue weighted by Gasteiger charge is -2.38. The van der Waals surface area contributed by atoms with E-state index in [1.165, 1.54) is 0 Å². The molecule has 21 heavy (non-hydrogen) atoms. The number of likely N-dealkylation sites (tertiary alicyclic amines) is 1. The zero-order valence-electron chi connectivity index (χ0n) is 12.5. The highest BCUT2D eigenvalue weighted by molar-refractivity contribution is 5.83. The Morgan fingerprint density at radius 1 is 1.43 bits per heavy atom. The first kappa shape index (κ1) is 14.2.